The van der Waals surface area contributed by atoms with Crippen LogP contribution in [0.2, 0.25) is 0 Å². The van der Waals surface area contributed by atoms with Crippen molar-refractivity contribution in [2.24, 2.45) is 0 Å². The summed E-state index contributed by atoms with van der Waals surface area (Å²) in [6.45, 7) is 0. The van der Waals surface area contributed by atoms with E-state index in [-0.39, 0.29) is 0 Å². The number of aromatic carboxylic acids is 1. The van der Waals surface area contributed by atoms with Crippen LogP contribution in [-0.2, 0) is 12.8 Å². The molecule has 0 spiro atoms. The van der Waals surface area contributed by atoms with Crippen molar-refractivity contribution in [2.45, 2.75) is 19.3 Å². The van der Waals surface area contributed by atoms with Gasteiger partial charge in [-0.2, -0.15) is 0 Å². The summed E-state index contributed by atoms with van der Waals surface area (Å²) < 4.78 is 0. The smallest absolute Gasteiger partial charge is 0.345 e. The number of carboxylic acid groups (broad SMARTS) is 1. The topological polar surface area (TPSA) is 105 Å². The van der Waals surface area contributed by atoms with Gasteiger partial charge in [0.05, 0.1) is 5.39 Å². The van der Waals surface area contributed by atoms with Gasteiger partial charge in [0, 0.05) is 11.1 Å². The van der Waals surface area contributed by atoms with Crippen molar-refractivity contribution in [2.75, 3.05) is 5.73 Å². The number of nitrogens with zero attached hydrogens (tertiary/aromatic N) is 2. The molecule has 108 valence electrons. The first-order valence-electron chi connectivity index (χ1n) is 6.53. The Kier molecular flexibility index (Phi) is 3.57. The van der Waals surface area contributed by atoms with Gasteiger partial charge in [-0.15, -0.1) is 11.3 Å². The zero-order chi connectivity index (χ0) is 14.8. The van der Waals surface area contributed by atoms with E-state index in [1.165, 1.54) is 17.7 Å². The number of hydrogen-bond acceptors (Lipinski definition) is 5. The number of aromatic amines is 1. The minimum Gasteiger partial charge on any atom is -0.477 e. The Bertz CT molecular complexity index is 793. The van der Waals surface area contributed by atoms with Crippen molar-refractivity contribution in [3.63, 3.8) is 0 Å². The van der Waals surface area contributed by atoms with Crippen molar-refractivity contribution in [3.05, 3.63) is 40.0 Å². The maximum Gasteiger partial charge on any atom is 0.345 e. The lowest BCUT2D eigenvalue weighted by Crippen LogP contribution is -1.94. The van der Waals surface area contributed by atoms with E-state index in [0.717, 1.165) is 40.7 Å². The van der Waals surface area contributed by atoms with Gasteiger partial charge in [-0.1, -0.05) is 0 Å². The number of fused-ring (bicyclic) bond motifs is 1. The van der Waals surface area contributed by atoms with Crippen molar-refractivity contribution in [3.8, 4) is 0 Å². The van der Waals surface area contributed by atoms with Crippen LogP contribution in [0.4, 0.5) is 5.82 Å². The fraction of sp³-hybridized carbons (Fsp3) is 0.214. The lowest BCUT2D eigenvalue weighted by atomic mass is 10.1. The fourth-order valence-electron chi connectivity index (χ4n) is 2.33. The molecule has 0 atom stereocenters. The summed E-state index contributed by atoms with van der Waals surface area (Å²) in [4.78, 5) is 23.5. The van der Waals surface area contributed by atoms with Crippen LogP contribution in [0.3, 0.4) is 0 Å². The number of carboxylic acids is 1. The summed E-state index contributed by atoms with van der Waals surface area (Å²) in [5.41, 5.74) is 7.73. The van der Waals surface area contributed by atoms with Gasteiger partial charge >= 0.3 is 5.97 Å². The van der Waals surface area contributed by atoms with Crippen molar-refractivity contribution >= 4 is 34.2 Å². The number of anilines is 1. The van der Waals surface area contributed by atoms with E-state index in [9.17, 15) is 4.79 Å². The molecule has 0 amide bonds. The summed E-state index contributed by atoms with van der Waals surface area (Å²) in [5, 5.41) is 9.79. The van der Waals surface area contributed by atoms with E-state index in [1.54, 1.807) is 6.07 Å². The van der Waals surface area contributed by atoms with Gasteiger partial charge in [0.25, 0.3) is 0 Å². The average Bonchev–Trinajstić information content (AvgIpc) is 3.07. The third kappa shape index (κ3) is 2.73. The lowest BCUT2D eigenvalue weighted by molar-refractivity contribution is 0.0702. The van der Waals surface area contributed by atoms with Crippen LogP contribution >= 0.6 is 11.3 Å². The number of rotatable bonds is 5. The van der Waals surface area contributed by atoms with Crippen molar-refractivity contribution in [1.82, 2.24) is 15.0 Å². The van der Waals surface area contributed by atoms with Gasteiger partial charge in [-0.05, 0) is 37.0 Å². The second kappa shape index (κ2) is 5.53. The number of hydrogen-bond donors (Lipinski definition) is 3. The molecule has 3 aromatic heterocycles. The standard InChI is InChI=1S/C14H14N4O2S/c15-12-11-8(6-16-13(11)18-7-17-12)2-1-3-9-4-5-10(21-9)14(19)20/h4-7H,1-3H2,(H,19,20)(H3,15,16,17,18). The Balaban J connectivity index is 1.68. The van der Waals surface area contributed by atoms with E-state index >= 15 is 0 Å². The highest BCUT2D eigenvalue weighted by atomic mass is 32.1. The second-order valence-corrected chi connectivity index (χ2v) is 5.89. The van der Waals surface area contributed by atoms with Gasteiger partial charge in [0.2, 0.25) is 0 Å². The molecule has 0 saturated heterocycles. The molecule has 0 aliphatic carbocycles. The maximum absolute atomic E-state index is 10.8. The lowest BCUT2D eigenvalue weighted by Gasteiger charge is -2.00. The molecule has 3 rings (SSSR count). The molecule has 0 aliphatic heterocycles. The highest BCUT2D eigenvalue weighted by Crippen LogP contribution is 2.23. The zero-order valence-corrected chi connectivity index (χ0v) is 12.0. The number of nitrogens with two attached hydrogens (primary N) is 1. The van der Waals surface area contributed by atoms with Crippen LogP contribution in [0.5, 0.6) is 0 Å². The SMILES string of the molecule is Nc1ncnc2[nH]cc(CCCc3ccc(C(=O)O)s3)c12. The summed E-state index contributed by atoms with van der Waals surface area (Å²) in [6.07, 6.45) is 5.96. The monoisotopic (exact) mass is 302 g/mol. The Morgan fingerprint density at radius 3 is 2.95 bits per heavy atom. The normalized spacial score (nSPS) is 11.0. The average molecular weight is 302 g/mol. The number of carbonyl (C=O) groups is 1. The molecule has 6 nitrogen and oxygen atoms in total. The molecule has 0 aromatic carbocycles. The van der Waals surface area contributed by atoms with Gasteiger partial charge in [-0.25, -0.2) is 14.8 Å². The Morgan fingerprint density at radius 2 is 2.19 bits per heavy atom. The van der Waals surface area contributed by atoms with Gasteiger partial charge in [0.15, 0.2) is 0 Å². The molecule has 0 aliphatic rings. The third-order valence-corrected chi connectivity index (χ3v) is 4.46. The molecule has 3 heterocycles. The molecule has 21 heavy (non-hydrogen) atoms. The number of aryl methyl sites for hydroxylation is 2. The zero-order valence-electron chi connectivity index (χ0n) is 11.2. The molecule has 0 radical (unpaired) electrons. The van der Waals surface area contributed by atoms with Crippen LogP contribution < -0.4 is 5.73 Å². The third-order valence-electron chi connectivity index (χ3n) is 3.32. The minimum absolute atomic E-state index is 0.384. The predicted molar refractivity (Wildman–Crippen MR) is 81.6 cm³/mol. The minimum atomic E-state index is -0.868. The van der Waals surface area contributed by atoms with Crippen molar-refractivity contribution in [1.29, 1.82) is 0 Å². The van der Waals surface area contributed by atoms with Gasteiger partial charge < -0.3 is 15.8 Å². The maximum atomic E-state index is 10.8. The first-order valence-corrected chi connectivity index (χ1v) is 7.35. The van der Waals surface area contributed by atoms with E-state index in [0.29, 0.717) is 10.7 Å². The summed E-state index contributed by atoms with van der Waals surface area (Å²) in [6, 6.07) is 3.53. The molecular formula is C14H14N4O2S. The molecule has 0 bridgehead atoms. The molecular weight excluding hydrogens is 288 g/mol. The highest BCUT2D eigenvalue weighted by Gasteiger charge is 2.10. The van der Waals surface area contributed by atoms with Crippen LogP contribution in [0, 0.1) is 0 Å². The van der Waals surface area contributed by atoms with Gasteiger partial charge in [-0.3, -0.25) is 0 Å². The van der Waals surface area contributed by atoms with Crippen molar-refractivity contribution < 1.29 is 9.90 Å². The molecule has 7 heteroatoms. The number of nitrogen functional groups attached to an aromatic ring is 1. The summed E-state index contributed by atoms with van der Waals surface area (Å²) in [7, 11) is 0. The molecule has 3 aromatic rings. The molecule has 4 N–H and O–H groups in total. The van der Waals surface area contributed by atoms with E-state index in [1.807, 2.05) is 12.3 Å². The highest BCUT2D eigenvalue weighted by molar-refractivity contribution is 7.13. The molecule has 0 fully saturated rings. The fourth-order valence-corrected chi connectivity index (χ4v) is 3.22. The van der Waals surface area contributed by atoms with Crippen LogP contribution in [0.1, 0.15) is 26.5 Å². The predicted octanol–water partition coefficient (Wildman–Crippen LogP) is 2.48. The quantitative estimate of drug-likeness (QED) is 0.671. The van der Waals surface area contributed by atoms with E-state index < -0.39 is 5.97 Å². The summed E-state index contributed by atoms with van der Waals surface area (Å²) >= 11 is 1.33. The Labute approximate surface area is 124 Å². The Hall–Kier alpha value is -2.41. The molecule has 0 saturated carbocycles. The number of aromatic nitrogens is 3. The number of H-pyrrole nitrogens is 1. The van der Waals surface area contributed by atoms with E-state index in [4.69, 9.17) is 10.8 Å². The van der Waals surface area contributed by atoms with Crippen LogP contribution in [-0.4, -0.2) is 26.0 Å². The van der Waals surface area contributed by atoms with Gasteiger partial charge in [0.1, 0.15) is 22.7 Å². The first kappa shape index (κ1) is 13.6. The second-order valence-electron chi connectivity index (χ2n) is 4.72. The van der Waals surface area contributed by atoms with E-state index in [2.05, 4.69) is 15.0 Å². The number of nitrogens with one attached hydrogen (secondary N) is 1. The summed E-state index contributed by atoms with van der Waals surface area (Å²) in [5.74, 6) is -0.381. The largest absolute Gasteiger partial charge is 0.477 e. The first-order chi connectivity index (χ1) is 10.1. The van der Waals surface area contributed by atoms with Crippen LogP contribution in [0.15, 0.2) is 24.7 Å². The Morgan fingerprint density at radius 1 is 1.33 bits per heavy atom. The van der Waals surface area contributed by atoms with Crippen LogP contribution in [0.25, 0.3) is 11.0 Å². The molecule has 0 unspecified atom stereocenters. The number of thiophene rings is 1.